The predicted molar refractivity (Wildman–Crippen MR) is 51.5 cm³/mol. The van der Waals surface area contributed by atoms with Crippen molar-refractivity contribution in [1.29, 1.82) is 0 Å². The Morgan fingerprint density at radius 3 is 3.00 bits per heavy atom. The van der Waals surface area contributed by atoms with Gasteiger partial charge in [-0.1, -0.05) is 12.2 Å². The van der Waals surface area contributed by atoms with Crippen LogP contribution in [0.4, 0.5) is 0 Å². The first kappa shape index (κ1) is 9.81. The molecule has 1 aliphatic rings. The molecule has 0 saturated carbocycles. The lowest BCUT2D eigenvalue weighted by Crippen LogP contribution is -2.31. The molecule has 0 aromatic heterocycles. The van der Waals surface area contributed by atoms with Crippen molar-refractivity contribution in [3.63, 3.8) is 0 Å². The first-order valence-corrected chi connectivity index (χ1v) is 5.22. The van der Waals surface area contributed by atoms with Crippen molar-refractivity contribution in [1.82, 2.24) is 0 Å². The molecule has 1 aliphatic heterocycles. The molecule has 2 nitrogen and oxygen atoms in total. The summed E-state index contributed by atoms with van der Waals surface area (Å²) in [5.41, 5.74) is 0.916. The standard InChI is InChI=1S/C9H14O2S/c1-7(2)5-8(10)9-6-12-4-3-11-9/h9H,1,3-6H2,2H3. The number of rotatable bonds is 3. The molecule has 0 radical (unpaired) electrons. The number of carbonyl (C=O) groups excluding carboxylic acids is 1. The normalized spacial score (nSPS) is 23.6. The number of ether oxygens (including phenoxy) is 1. The number of carbonyl (C=O) groups is 1. The molecule has 68 valence electrons. The lowest BCUT2D eigenvalue weighted by atomic mass is 10.1. The van der Waals surface area contributed by atoms with Crippen LogP contribution in [-0.2, 0) is 9.53 Å². The molecule has 1 atom stereocenters. The van der Waals surface area contributed by atoms with Crippen LogP contribution in [0.2, 0.25) is 0 Å². The second-order valence-electron chi connectivity index (χ2n) is 3.03. The van der Waals surface area contributed by atoms with Crippen LogP contribution >= 0.6 is 11.8 Å². The molecule has 0 aliphatic carbocycles. The van der Waals surface area contributed by atoms with E-state index in [1.807, 2.05) is 6.92 Å². The van der Waals surface area contributed by atoms with Gasteiger partial charge in [0.25, 0.3) is 0 Å². The summed E-state index contributed by atoms with van der Waals surface area (Å²) < 4.78 is 5.33. The van der Waals surface area contributed by atoms with E-state index in [-0.39, 0.29) is 11.9 Å². The fourth-order valence-electron chi connectivity index (χ4n) is 1.08. The van der Waals surface area contributed by atoms with Gasteiger partial charge >= 0.3 is 0 Å². The smallest absolute Gasteiger partial charge is 0.166 e. The predicted octanol–water partition coefficient (Wildman–Crippen LogP) is 1.65. The Hall–Kier alpha value is -0.280. The SMILES string of the molecule is C=C(C)CC(=O)C1CSCCO1. The van der Waals surface area contributed by atoms with Crippen molar-refractivity contribution in [2.45, 2.75) is 19.4 Å². The summed E-state index contributed by atoms with van der Waals surface area (Å²) in [6, 6.07) is 0. The zero-order chi connectivity index (χ0) is 8.97. The van der Waals surface area contributed by atoms with Crippen LogP contribution in [0.1, 0.15) is 13.3 Å². The van der Waals surface area contributed by atoms with E-state index >= 15 is 0 Å². The van der Waals surface area contributed by atoms with Crippen LogP contribution in [0.25, 0.3) is 0 Å². The molecule has 1 rings (SSSR count). The number of Topliss-reactive ketones (excluding diaryl/α,β-unsaturated/α-hetero) is 1. The maximum atomic E-state index is 11.4. The van der Waals surface area contributed by atoms with Gasteiger partial charge in [-0.2, -0.15) is 11.8 Å². The van der Waals surface area contributed by atoms with Gasteiger partial charge in [0.15, 0.2) is 5.78 Å². The second-order valence-corrected chi connectivity index (χ2v) is 4.18. The highest BCUT2D eigenvalue weighted by molar-refractivity contribution is 7.99. The molecular formula is C9H14O2S. The van der Waals surface area contributed by atoms with Gasteiger partial charge in [0.2, 0.25) is 0 Å². The molecule has 0 spiro atoms. The molecule has 12 heavy (non-hydrogen) atoms. The molecule has 1 unspecified atom stereocenters. The highest BCUT2D eigenvalue weighted by Gasteiger charge is 2.21. The van der Waals surface area contributed by atoms with Gasteiger partial charge in [0.1, 0.15) is 6.10 Å². The highest BCUT2D eigenvalue weighted by atomic mass is 32.2. The summed E-state index contributed by atoms with van der Waals surface area (Å²) in [4.78, 5) is 11.4. The first-order chi connectivity index (χ1) is 5.70. The molecule has 1 fully saturated rings. The maximum absolute atomic E-state index is 11.4. The van der Waals surface area contributed by atoms with Crippen LogP contribution in [0, 0.1) is 0 Å². The Morgan fingerprint density at radius 1 is 1.75 bits per heavy atom. The minimum absolute atomic E-state index is 0.176. The van der Waals surface area contributed by atoms with E-state index < -0.39 is 0 Å². The third-order valence-corrected chi connectivity index (χ3v) is 2.64. The Morgan fingerprint density at radius 2 is 2.50 bits per heavy atom. The van der Waals surface area contributed by atoms with Gasteiger partial charge in [-0.25, -0.2) is 0 Å². The number of hydrogen-bond acceptors (Lipinski definition) is 3. The fourth-order valence-corrected chi connectivity index (χ4v) is 1.96. The quantitative estimate of drug-likeness (QED) is 0.627. The van der Waals surface area contributed by atoms with Crippen molar-refractivity contribution in [2.24, 2.45) is 0 Å². The lowest BCUT2D eigenvalue weighted by Gasteiger charge is -2.20. The van der Waals surface area contributed by atoms with Crippen molar-refractivity contribution in [3.05, 3.63) is 12.2 Å². The summed E-state index contributed by atoms with van der Waals surface area (Å²) >= 11 is 1.78. The van der Waals surface area contributed by atoms with Crippen molar-refractivity contribution in [2.75, 3.05) is 18.1 Å². The van der Waals surface area contributed by atoms with Gasteiger partial charge in [-0.15, -0.1) is 0 Å². The zero-order valence-corrected chi connectivity index (χ0v) is 8.15. The van der Waals surface area contributed by atoms with E-state index in [4.69, 9.17) is 4.74 Å². The van der Waals surface area contributed by atoms with Crippen molar-refractivity contribution < 1.29 is 9.53 Å². The third-order valence-electron chi connectivity index (χ3n) is 1.65. The summed E-state index contributed by atoms with van der Waals surface area (Å²) in [5.74, 6) is 2.00. The van der Waals surface area contributed by atoms with E-state index in [0.717, 1.165) is 17.1 Å². The largest absolute Gasteiger partial charge is 0.369 e. The molecule has 3 heteroatoms. The summed E-state index contributed by atoms with van der Waals surface area (Å²) in [5, 5.41) is 0. The number of allylic oxidation sites excluding steroid dienone is 1. The Labute approximate surface area is 77.4 Å². The van der Waals surface area contributed by atoms with Crippen LogP contribution in [0.5, 0.6) is 0 Å². The topological polar surface area (TPSA) is 26.3 Å². The molecule has 1 saturated heterocycles. The van der Waals surface area contributed by atoms with E-state index in [0.29, 0.717) is 13.0 Å². The van der Waals surface area contributed by atoms with E-state index in [9.17, 15) is 4.79 Å². The molecule has 0 bridgehead atoms. The summed E-state index contributed by atoms with van der Waals surface area (Å²) in [7, 11) is 0. The van der Waals surface area contributed by atoms with E-state index in [1.165, 1.54) is 0 Å². The van der Waals surface area contributed by atoms with Crippen LogP contribution in [0.15, 0.2) is 12.2 Å². The minimum Gasteiger partial charge on any atom is -0.369 e. The third kappa shape index (κ3) is 2.99. The van der Waals surface area contributed by atoms with Crippen LogP contribution < -0.4 is 0 Å². The maximum Gasteiger partial charge on any atom is 0.166 e. The molecule has 0 amide bonds. The van der Waals surface area contributed by atoms with Gasteiger partial charge < -0.3 is 4.74 Å². The molecule has 0 aromatic carbocycles. The average molecular weight is 186 g/mol. The first-order valence-electron chi connectivity index (χ1n) is 4.06. The molecular weight excluding hydrogens is 172 g/mol. The van der Waals surface area contributed by atoms with Crippen molar-refractivity contribution >= 4 is 17.5 Å². The fraction of sp³-hybridized carbons (Fsp3) is 0.667. The lowest BCUT2D eigenvalue weighted by molar-refractivity contribution is -0.128. The monoisotopic (exact) mass is 186 g/mol. The van der Waals surface area contributed by atoms with Gasteiger partial charge in [-0.3, -0.25) is 4.79 Å². The Kier molecular flexibility index (Phi) is 3.82. The average Bonchev–Trinajstić information content (AvgIpc) is 2.05. The summed E-state index contributed by atoms with van der Waals surface area (Å²) in [6.45, 7) is 6.28. The van der Waals surface area contributed by atoms with Gasteiger partial charge in [0, 0.05) is 17.9 Å². The van der Waals surface area contributed by atoms with Gasteiger partial charge in [0.05, 0.1) is 6.61 Å². The molecule has 0 N–H and O–H groups in total. The molecule has 0 aromatic rings. The number of thioether (sulfide) groups is 1. The van der Waals surface area contributed by atoms with Crippen LogP contribution in [0.3, 0.4) is 0 Å². The number of ketones is 1. The Bertz CT molecular complexity index is 183. The Balaban J connectivity index is 2.34. The highest BCUT2D eigenvalue weighted by Crippen LogP contribution is 2.15. The zero-order valence-electron chi connectivity index (χ0n) is 7.34. The second kappa shape index (κ2) is 4.67. The van der Waals surface area contributed by atoms with E-state index in [1.54, 1.807) is 11.8 Å². The van der Waals surface area contributed by atoms with Crippen molar-refractivity contribution in [3.8, 4) is 0 Å². The molecule has 1 heterocycles. The van der Waals surface area contributed by atoms with Crippen LogP contribution in [-0.4, -0.2) is 30.0 Å². The van der Waals surface area contributed by atoms with Gasteiger partial charge in [-0.05, 0) is 6.92 Å². The minimum atomic E-state index is -0.180. The number of hydrogen-bond donors (Lipinski definition) is 0. The van der Waals surface area contributed by atoms with E-state index in [2.05, 4.69) is 6.58 Å². The summed E-state index contributed by atoms with van der Waals surface area (Å²) in [6.07, 6.45) is 0.283.